The van der Waals surface area contributed by atoms with Gasteiger partial charge in [-0.2, -0.15) is 0 Å². The molecule has 0 radical (unpaired) electrons. The van der Waals surface area contributed by atoms with Crippen LogP contribution in [-0.2, 0) is 0 Å². The van der Waals surface area contributed by atoms with Crippen molar-refractivity contribution in [1.82, 2.24) is 9.13 Å². The Labute approximate surface area is 265 Å². The molecule has 0 spiro atoms. The minimum atomic E-state index is 0.113. The highest BCUT2D eigenvalue weighted by Gasteiger charge is 2.40. The molecule has 7 aromatic carbocycles. The minimum absolute atomic E-state index is 0.113. The van der Waals surface area contributed by atoms with E-state index in [0.717, 1.165) is 17.2 Å². The highest BCUT2D eigenvalue weighted by molar-refractivity contribution is 6.99. The molecule has 0 atom stereocenters. The molecule has 2 aromatic heterocycles. The van der Waals surface area contributed by atoms with Gasteiger partial charge in [0.25, 0.3) is 6.71 Å². The molecule has 2 aliphatic heterocycles. The zero-order chi connectivity index (χ0) is 29.9. The Morgan fingerprint density at radius 2 is 1.17 bits per heavy atom. The summed E-state index contributed by atoms with van der Waals surface area (Å²) in [6.45, 7) is 0.113. The number of ether oxygens (including phenoxy) is 1. The highest BCUT2D eigenvalue weighted by Crippen LogP contribution is 2.44. The topological polar surface area (TPSA) is 19.1 Å². The SMILES string of the molecule is c1ccc(-c2ccc3c(c2)c2c(ccc4c5cccc6c5n(c42)-c2cccc4c2B6c2ccccc2O4)n3-c2ccccc2)cc1. The van der Waals surface area contributed by atoms with Gasteiger partial charge in [-0.3, -0.25) is 0 Å². The summed E-state index contributed by atoms with van der Waals surface area (Å²) >= 11 is 0. The van der Waals surface area contributed by atoms with Gasteiger partial charge in [0.1, 0.15) is 11.5 Å². The summed E-state index contributed by atoms with van der Waals surface area (Å²) in [5, 5.41) is 5.07. The fourth-order valence-electron chi connectivity index (χ4n) is 8.34. The van der Waals surface area contributed by atoms with Crippen LogP contribution in [0.5, 0.6) is 11.5 Å². The van der Waals surface area contributed by atoms with Crippen LogP contribution in [-0.4, -0.2) is 15.8 Å². The monoisotopic (exact) mass is 584 g/mol. The lowest BCUT2D eigenvalue weighted by Crippen LogP contribution is -2.58. The summed E-state index contributed by atoms with van der Waals surface area (Å²) < 4.78 is 11.6. The fourth-order valence-corrected chi connectivity index (χ4v) is 8.34. The molecule has 0 unspecified atom stereocenters. The van der Waals surface area contributed by atoms with Crippen LogP contribution < -0.4 is 21.1 Å². The van der Waals surface area contributed by atoms with Gasteiger partial charge in [-0.25, -0.2) is 0 Å². The lowest BCUT2D eigenvalue weighted by molar-refractivity contribution is 0.487. The minimum Gasteiger partial charge on any atom is -0.458 e. The number of benzene rings is 7. The standard InChI is InChI=1S/C42H25BN2O/c1-3-11-26(12-4-1)27-21-23-34-31(25-27)39-35(44(34)28-13-5-2-6-14-28)24-22-30-29-15-9-17-33-41(29)45(42(30)39)36-18-10-20-38-40(36)43(33)32-16-7-8-19-37(32)46-38/h1-25H. The van der Waals surface area contributed by atoms with Gasteiger partial charge in [-0.1, -0.05) is 103 Å². The number of hydrogen-bond acceptors (Lipinski definition) is 1. The summed E-state index contributed by atoms with van der Waals surface area (Å²) in [5.74, 6) is 1.89. The number of nitrogens with zero attached hydrogens (tertiary/aromatic N) is 2. The maximum Gasteiger partial charge on any atom is 0.256 e. The van der Waals surface area contributed by atoms with Crippen LogP contribution >= 0.6 is 0 Å². The van der Waals surface area contributed by atoms with Crippen molar-refractivity contribution >= 4 is 66.7 Å². The molecule has 212 valence electrons. The first kappa shape index (κ1) is 24.3. The molecule has 0 amide bonds. The van der Waals surface area contributed by atoms with Gasteiger partial charge in [-0.05, 0) is 76.0 Å². The molecule has 3 nitrogen and oxygen atoms in total. The molecule has 0 saturated heterocycles. The van der Waals surface area contributed by atoms with Crippen molar-refractivity contribution in [2.45, 2.75) is 0 Å². The molecule has 4 heteroatoms. The average Bonchev–Trinajstić information content (AvgIpc) is 3.64. The molecule has 0 saturated carbocycles. The Morgan fingerprint density at radius 1 is 0.457 bits per heavy atom. The van der Waals surface area contributed by atoms with Crippen LogP contribution in [0.15, 0.2) is 152 Å². The third-order valence-electron chi connectivity index (χ3n) is 10.2. The van der Waals surface area contributed by atoms with Crippen molar-refractivity contribution in [3.8, 4) is 34.0 Å². The lowest BCUT2D eigenvalue weighted by Gasteiger charge is -2.33. The van der Waals surface area contributed by atoms with Gasteiger partial charge in [-0.15, -0.1) is 0 Å². The third kappa shape index (κ3) is 3.03. The zero-order valence-corrected chi connectivity index (χ0v) is 24.8. The van der Waals surface area contributed by atoms with Gasteiger partial charge in [0, 0.05) is 38.4 Å². The molecule has 0 fully saturated rings. The molecule has 2 aliphatic rings. The van der Waals surface area contributed by atoms with E-state index in [0.29, 0.717) is 0 Å². The first-order valence-electron chi connectivity index (χ1n) is 15.9. The first-order chi connectivity index (χ1) is 22.8. The Morgan fingerprint density at radius 3 is 2.07 bits per heavy atom. The molecular weight excluding hydrogens is 559 g/mol. The van der Waals surface area contributed by atoms with Crippen molar-refractivity contribution in [3.63, 3.8) is 0 Å². The summed E-state index contributed by atoms with van der Waals surface area (Å²) in [7, 11) is 0. The first-order valence-corrected chi connectivity index (χ1v) is 15.9. The molecule has 0 aliphatic carbocycles. The van der Waals surface area contributed by atoms with Crippen LogP contribution in [0.1, 0.15) is 0 Å². The second kappa shape index (κ2) is 8.80. The van der Waals surface area contributed by atoms with Gasteiger partial charge >= 0.3 is 0 Å². The van der Waals surface area contributed by atoms with E-state index in [2.05, 4.69) is 161 Å². The van der Waals surface area contributed by atoms with E-state index in [9.17, 15) is 0 Å². The smallest absolute Gasteiger partial charge is 0.256 e. The second-order valence-corrected chi connectivity index (χ2v) is 12.5. The van der Waals surface area contributed by atoms with Crippen LogP contribution in [0.25, 0.3) is 66.1 Å². The predicted octanol–water partition coefficient (Wildman–Crippen LogP) is 8.48. The van der Waals surface area contributed by atoms with Gasteiger partial charge < -0.3 is 13.9 Å². The highest BCUT2D eigenvalue weighted by atomic mass is 16.5. The van der Waals surface area contributed by atoms with Crippen molar-refractivity contribution in [3.05, 3.63) is 152 Å². The van der Waals surface area contributed by atoms with Crippen molar-refractivity contribution in [2.75, 3.05) is 0 Å². The van der Waals surface area contributed by atoms with E-state index in [1.165, 1.54) is 76.8 Å². The molecule has 11 rings (SSSR count). The molecular formula is C42H25BN2O. The van der Waals surface area contributed by atoms with Crippen molar-refractivity contribution < 1.29 is 4.74 Å². The summed E-state index contributed by atoms with van der Waals surface area (Å²) in [6, 6.07) is 55.0. The van der Waals surface area contributed by atoms with Gasteiger partial charge in [0.05, 0.1) is 16.6 Å². The Bertz CT molecular complexity index is 2720. The fraction of sp³-hybridized carbons (Fsp3) is 0. The largest absolute Gasteiger partial charge is 0.458 e. The van der Waals surface area contributed by atoms with Gasteiger partial charge in [0.2, 0.25) is 0 Å². The maximum absolute atomic E-state index is 6.59. The Balaban J connectivity index is 1.35. The average molecular weight is 584 g/mol. The number of para-hydroxylation sites is 3. The van der Waals surface area contributed by atoms with E-state index in [-0.39, 0.29) is 6.71 Å². The Hall–Kier alpha value is -6.00. The lowest BCUT2D eigenvalue weighted by atomic mass is 9.34. The number of rotatable bonds is 2. The normalized spacial score (nSPS) is 12.9. The van der Waals surface area contributed by atoms with Crippen LogP contribution in [0.2, 0.25) is 0 Å². The quantitative estimate of drug-likeness (QED) is 0.187. The van der Waals surface area contributed by atoms with Crippen LogP contribution in [0.4, 0.5) is 0 Å². The zero-order valence-electron chi connectivity index (χ0n) is 24.8. The van der Waals surface area contributed by atoms with E-state index < -0.39 is 0 Å². The van der Waals surface area contributed by atoms with Crippen molar-refractivity contribution in [1.29, 1.82) is 0 Å². The van der Waals surface area contributed by atoms with E-state index in [1.54, 1.807) is 0 Å². The van der Waals surface area contributed by atoms with Crippen LogP contribution in [0.3, 0.4) is 0 Å². The third-order valence-corrected chi connectivity index (χ3v) is 10.2. The summed E-state index contributed by atoms with van der Waals surface area (Å²) in [4.78, 5) is 0. The molecule has 0 bridgehead atoms. The van der Waals surface area contributed by atoms with E-state index in [1.807, 2.05) is 0 Å². The number of hydrogen-bond donors (Lipinski definition) is 0. The molecule has 4 heterocycles. The number of aromatic nitrogens is 2. The maximum atomic E-state index is 6.59. The van der Waals surface area contributed by atoms with Crippen LogP contribution in [0, 0.1) is 0 Å². The van der Waals surface area contributed by atoms with E-state index in [4.69, 9.17) is 4.74 Å². The van der Waals surface area contributed by atoms with E-state index >= 15 is 0 Å². The molecule has 9 aromatic rings. The molecule has 46 heavy (non-hydrogen) atoms. The van der Waals surface area contributed by atoms with Crippen molar-refractivity contribution in [2.24, 2.45) is 0 Å². The predicted molar refractivity (Wildman–Crippen MR) is 192 cm³/mol. The Kier molecular flexibility index (Phi) is 4.66. The second-order valence-electron chi connectivity index (χ2n) is 12.5. The summed E-state index contributed by atoms with van der Waals surface area (Å²) in [5.41, 5.74) is 13.5. The molecule has 0 N–H and O–H groups in total. The van der Waals surface area contributed by atoms with Gasteiger partial charge in [0.15, 0.2) is 0 Å². The summed E-state index contributed by atoms with van der Waals surface area (Å²) in [6.07, 6.45) is 0. The number of fused-ring (bicyclic) bond motifs is 11.